The molecule has 0 spiro atoms. The molecule has 0 saturated carbocycles. The molecule has 2 aromatic heterocycles. The Morgan fingerprint density at radius 1 is 0.969 bits per heavy atom. The Hall–Kier alpha value is -3.08. The van der Waals surface area contributed by atoms with E-state index in [0.29, 0.717) is 18.9 Å². The zero-order valence-corrected chi connectivity index (χ0v) is 18.8. The van der Waals surface area contributed by atoms with Gasteiger partial charge in [-0.15, -0.1) is 11.3 Å². The van der Waals surface area contributed by atoms with Crippen LogP contribution in [0.3, 0.4) is 0 Å². The van der Waals surface area contributed by atoms with Crippen molar-refractivity contribution in [2.24, 2.45) is 0 Å². The van der Waals surface area contributed by atoms with Crippen LogP contribution in [-0.2, 0) is 21.4 Å². The zero-order valence-electron chi connectivity index (χ0n) is 17.2. The molecule has 2 aromatic carbocycles. The SMILES string of the molecule is O=C(Cn1c(-c2cscn2)nc2ccccc21)N1CCN(S(=O)(=O)c2ccccc2)CC1. The molecule has 0 N–H and O–H groups in total. The molecule has 1 amide bonds. The molecular formula is C22H21N5O3S2. The molecule has 0 bridgehead atoms. The Labute approximate surface area is 189 Å². The number of hydrogen-bond donors (Lipinski definition) is 0. The zero-order chi connectivity index (χ0) is 22.1. The molecule has 1 fully saturated rings. The lowest BCUT2D eigenvalue weighted by molar-refractivity contribution is -0.132. The predicted molar refractivity (Wildman–Crippen MR) is 123 cm³/mol. The van der Waals surface area contributed by atoms with Crippen LogP contribution in [0.2, 0.25) is 0 Å². The molecule has 3 heterocycles. The van der Waals surface area contributed by atoms with Crippen molar-refractivity contribution < 1.29 is 13.2 Å². The molecule has 32 heavy (non-hydrogen) atoms. The molecule has 4 aromatic rings. The van der Waals surface area contributed by atoms with Gasteiger partial charge in [0.2, 0.25) is 15.9 Å². The van der Waals surface area contributed by atoms with Crippen LogP contribution < -0.4 is 0 Å². The molecule has 10 heteroatoms. The van der Waals surface area contributed by atoms with Gasteiger partial charge in [0.05, 0.1) is 21.4 Å². The number of nitrogens with zero attached hydrogens (tertiary/aromatic N) is 5. The molecule has 1 saturated heterocycles. The highest BCUT2D eigenvalue weighted by molar-refractivity contribution is 7.89. The minimum Gasteiger partial charge on any atom is -0.339 e. The summed E-state index contributed by atoms with van der Waals surface area (Å²) < 4.78 is 29.0. The third-order valence-corrected chi connectivity index (χ3v) is 8.08. The maximum Gasteiger partial charge on any atom is 0.243 e. The number of aromatic nitrogens is 3. The minimum absolute atomic E-state index is 0.0682. The Kier molecular flexibility index (Phi) is 5.50. The number of para-hydroxylation sites is 2. The van der Waals surface area contributed by atoms with Gasteiger partial charge in [-0.3, -0.25) is 4.79 Å². The van der Waals surface area contributed by atoms with E-state index >= 15 is 0 Å². The molecule has 164 valence electrons. The topological polar surface area (TPSA) is 88.4 Å². The first-order valence-corrected chi connectivity index (χ1v) is 12.6. The summed E-state index contributed by atoms with van der Waals surface area (Å²) in [7, 11) is -3.55. The van der Waals surface area contributed by atoms with Gasteiger partial charge in [0, 0.05) is 31.6 Å². The summed E-state index contributed by atoms with van der Waals surface area (Å²) in [6.07, 6.45) is 0. The smallest absolute Gasteiger partial charge is 0.243 e. The molecule has 1 aliphatic heterocycles. The molecule has 0 aliphatic carbocycles. The normalized spacial score (nSPS) is 15.3. The Bertz CT molecular complexity index is 1340. The lowest BCUT2D eigenvalue weighted by Crippen LogP contribution is -2.51. The van der Waals surface area contributed by atoms with Gasteiger partial charge in [-0.1, -0.05) is 30.3 Å². The number of amides is 1. The average Bonchev–Trinajstić information content (AvgIpc) is 3.48. The van der Waals surface area contributed by atoms with E-state index in [1.807, 2.05) is 34.2 Å². The van der Waals surface area contributed by atoms with Crippen molar-refractivity contribution in [1.82, 2.24) is 23.7 Å². The van der Waals surface area contributed by atoms with E-state index in [9.17, 15) is 13.2 Å². The average molecular weight is 468 g/mol. The van der Waals surface area contributed by atoms with Crippen molar-refractivity contribution in [3.63, 3.8) is 0 Å². The summed E-state index contributed by atoms with van der Waals surface area (Å²) in [5.41, 5.74) is 4.15. The van der Waals surface area contributed by atoms with Gasteiger partial charge in [0.15, 0.2) is 5.82 Å². The van der Waals surface area contributed by atoms with Crippen molar-refractivity contribution in [2.75, 3.05) is 26.2 Å². The lowest BCUT2D eigenvalue weighted by atomic mass is 10.3. The Balaban J connectivity index is 1.33. The third-order valence-electron chi connectivity index (χ3n) is 5.58. The van der Waals surface area contributed by atoms with Gasteiger partial charge in [0.25, 0.3) is 0 Å². The maximum atomic E-state index is 13.1. The minimum atomic E-state index is -3.55. The second-order valence-electron chi connectivity index (χ2n) is 7.48. The highest BCUT2D eigenvalue weighted by Gasteiger charge is 2.30. The predicted octanol–water partition coefficient (Wildman–Crippen LogP) is 2.69. The van der Waals surface area contributed by atoms with E-state index < -0.39 is 10.0 Å². The largest absolute Gasteiger partial charge is 0.339 e. The number of sulfonamides is 1. The second kappa shape index (κ2) is 8.45. The van der Waals surface area contributed by atoms with Crippen LogP contribution in [0, 0.1) is 0 Å². The Morgan fingerprint density at radius 3 is 2.41 bits per heavy atom. The van der Waals surface area contributed by atoms with Crippen LogP contribution in [0.5, 0.6) is 0 Å². The van der Waals surface area contributed by atoms with Crippen molar-refractivity contribution >= 4 is 38.3 Å². The maximum absolute atomic E-state index is 13.1. The highest BCUT2D eigenvalue weighted by Crippen LogP contribution is 2.25. The molecule has 1 aliphatic rings. The fourth-order valence-electron chi connectivity index (χ4n) is 3.91. The fourth-order valence-corrected chi connectivity index (χ4v) is 5.88. The number of hydrogen-bond acceptors (Lipinski definition) is 6. The van der Waals surface area contributed by atoms with Crippen LogP contribution in [0.1, 0.15) is 0 Å². The number of carbonyl (C=O) groups excluding carboxylic acids is 1. The molecule has 0 unspecified atom stereocenters. The van der Waals surface area contributed by atoms with E-state index in [4.69, 9.17) is 0 Å². The molecule has 8 nitrogen and oxygen atoms in total. The standard InChI is InChI=1S/C22H21N5O3S2/c28-21(25-10-12-26(13-11-25)32(29,30)17-6-2-1-3-7-17)14-27-20-9-5-4-8-18(20)24-22(27)19-15-31-16-23-19/h1-9,15-16H,10-14H2. The highest BCUT2D eigenvalue weighted by atomic mass is 32.2. The lowest BCUT2D eigenvalue weighted by Gasteiger charge is -2.34. The number of imidazole rings is 1. The molecule has 5 rings (SSSR count). The summed E-state index contributed by atoms with van der Waals surface area (Å²) in [5, 5.41) is 1.91. The molecular weight excluding hydrogens is 446 g/mol. The van der Waals surface area contributed by atoms with E-state index in [-0.39, 0.29) is 30.4 Å². The number of fused-ring (bicyclic) bond motifs is 1. The van der Waals surface area contributed by atoms with Crippen LogP contribution in [-0.4, -0.2) is 64.2 Å². The van der Waals surface area contributed by atoms with Gasteiger partial charge < -0.3 is 9.47 Å². The van der Waals surface area contributed by atoms with E-state index in [1.54, 1.807) is 40.7 Å². The first-order valence-electron chi connectivity index (χ1n) is 10.2. The van der Waals surface area contributed by atoms with E-state index in [1.165, 1.54) is 15.6 Å². The fraction of sp³-hybridized carbons (Fsp3) is 0.227. The summed E-state index contributed by atoms with van der Waals surface area (Å²) in [6, 6.07) is 16.1. The molecule has 0 atom stereocenters. The van der Waals surface area contributed by atoms with Gasteiger partial charge >= 0.3 is 0 Å². The number of carbonyl (C=O) groups is 1. The molecule has 0 radical (unpaired) electrons. The van der Waals surface area contributed by atoms with Gasteiger partial charge in [-0.25, -0.2) is 18.4 Å². The van der Waals surface area contributed by atoms with Gasteiger partial charge in [-0.2, -0.15) is 4.31 Å². The monoisotopic (exact) mass is 467 g/mol. The number of thiazole rings is 1. The Morgan fingerprint density at radius 2 is 1.69 bits per heavy atom. The first kappa shape index (κ1) is 20.8. The summed E-state index contributed by atoms with van der Waals surface area (Å²) in [6.45, 7) is 1.37. The van der Waals surface area contributed by atoms with Crippen molar-refractivity contribution in [3.05, 3.63) is 65.5 Å². The van der Waals surface area contributed by atoms with Crippen LogP contribution >= 0.6 is 11.3 Å². The third kappa shape index (κ3) is 3.81. The van der Waals surface area contributed by atoms with Crippen molar-refractivity contribution in [3.8, 4) is 11.5 Å². The van der Waals surface area contributed by atoms with Gasteiger partial charge in [-0.05, 0) is 24.3 Å². The number of piperazine rings is 1. The number of rotatable bonds is 5. The quantitative estimate of drug-likeness (QED) is 0.450. The summed E-state index contributed by atoms with van der Waals surface area (Å²) in [4.78, 5) is 24.2. The summed E-state index contributed by atoms with van der Waals surface area (Å²) >= 11 is 1.48. The van der Waals surface area contributed by atoms with E-state index in [0.717, 1.165) is 16.7 Å². The number of benzene rings is 2. The van der Waals surface area contributed by atoms with Crippen LogP contribution in [0.4, 0.5) is 0 Å². The first-order chi connectivity index (χ1) is 15.5. The van der Waals surface area contributed by atoms with Crippen LogP contribution in [0.25, 0.3) is 22.6 Å². The van der Waals surface area contributed by atoms with Gasteiger partial charge in [0.1, 0.15) is 12.2 Å². The second-order valence-corrected chi connectivity index (χ2v) is 10.1. The summed E-state index contributed by atoms with van der Waals surface area (Å²) in [5.74, 6) is 0.590. The van der Waals surface area contributed by atoms with Crippen molar-refractivity contribution in [2.45, 2.75) is 11.4 Å². The van der Waals surface area contributed by atoms with Crippen molar-refractivity contribution in [1.29, 1.82) is 0 Å². The van der Waals surface area contributed by atoms with E-state index in [2.05, 4.69) is 9.97 Å². The van der Waals surface area contributed by atoms with Crippen LogP contribution in [0.15, 0.2) is 70.4 Å².